The predicted molar refractivity (Wildman–Crippen MR) is 228 cm³/mol. The molecule has 7 aromatic rings. The quantitative estimate of drug-likeness (QED) is 0.0502. The SMILES string of the molecule is Nc1c(-c2cccnc2)cncc1[N+](=O)[O-].Nc1c(Br)cncc1[N+](=O)[O-].Nc1ccccc1[N+](=O)[O-].Nc1cncc(-c2cccnc2)c1N.O[B]Oc1cccnc1. The largest absolute Gasteiger partial charge is 0.569 e. The van der Waals surface area contributed by atoms with Crippen LogP contribution in [0, 0.1) is 30.3 Å². The molecule has 6 aromatic heterocycles. The number of pyridine rings is 6. The van der Waals surface area contributed by atoms with Gasteiger partial charge in [0.1, 0.15) is 35.2 Å². The summed E-state index contributed by atoms with van der Waals surface area (Å²) in [5.41, 5.74) is 31.8. The van der Waals surface area contributed by atoms with Crippen molar-refractivity contribution >= 4 is 69.1 Å². The van der Waals surface area contributed by atoms with Gasteiger partial charge in [0.05, 0.1) is 43.0 Å². The third-order valence-corrected chi connectivity index (χ3v) is 7.83. The molecule has 0 atom stereocenters. The van der Waals surface area contributed by atoms with Crippen LogP contribution >= 0.6 is 15.9 Å². The molecule has 0 bridgehead atoms. The first-order valence-corrected chi connectivity index (χ1v) is 17.3. The van der Waals surface area contributed by atoms with Gasteiger partial charge in [-0.05, 0) is 46.3 Å². The lowest BCUT2D eigenvalue weighted by molar-refractivity contribution is -0.384. The Kier molecular flexibility index (Phi) is 18.1. The van der Waals surface area contributed by atoms with Crippen molar-refractivity contribution in [2.24, 2.45) is 0 Å². The van der Waals surface area contributed by atoms with Crippen LogP contribution in [-0.2, 0) is 0 Å². The van der Waals surface area contributed by atoms with Crippen LogP contribution in [0.2, 0.25) is 0 Å². The second-order valence-electron chi connectivity index (χ2n) is 11.1. The van der Waals surface area contributed by atoms with Crippen LogP contribution in [0.5, 0.6) is 5.75 Å². The maximum absolute atomic E-state index is 10.7. The molecule has 0 spiro atoms. The van der Waals surface area contributed by atoms with E-state index in [9.17, 15) is 30.3 Å². The van der Waals surface area contributed by atoms with Crippen molar-refractivity contribution in [1.82, 2.24) is 29.9 Å². The van der Waals surface area contributed by atoms with E-state index in [2.05, 4.69) is 50.5 Å². The van der Waals surface area contributed by atoms with E-state index in [1.165, 1.54) is 36.9 Å². The summed E-state index contributed by atoms with van der Waals surface area (Å²) in [5, 5.41) is 39.2. The number of hydrogen-bond donors (Lipinski definition) is 6. The monoisotopic (exact) mass is 879 g/mol. The van der Waals surface area contributed by atoms with Gasteiger partial charge in [-0.2, -0.15) is 0 Å². The fraction of sp³-hybridized carbons (Fsp3) is 0. The minimum atomic E-state index is -0.576. The zero-order valence-electron chi connectivity index (χ0n) is 30.9. The summed E-state index contributed by atoms with van der Waals surface area (Å²) in [4.78, 5) is 52.5. The van der Waals surface area contributed by atoms with Crippen LogP contribution in [0.3, 0.4) is 0 Å². The van der Waals surface area contributed by atoms with Gasteiger partial charge >= 0.3 is 19.1 Å². The highest BCUT2D eigenvalue weighted by molar-refractivity contribution is 9.10. The molecule has 1 aromatic carbocycles. The number of nitro benzene ring substituents is 1. The maximum atomic E-state index is 10.7. The average molecular weight is 880 g/mol. The van der Waals surface area contributed by atoms with Gasteiger partial charge < -0.3 is 38.3 Å². The molecule has 0 unspecified atom stereocenters. The zero-order chi connectivity index (χ0) is 44.0. The molecule has 0 saturated heterocycles. The molecule has 0 amide bonds. The molecule has 11 N–H and O–H groups in total. The maximum Gasteiger partial charge on any atom is 0.569 e. The van der Waals surface area contributed by atoms with E-state index in [-0.39, 0.29) is 34.1 Å². The number of aromatic nitrogens is 6. The van der Waals surface area contributed by atoms with Crippen molar-refractivity contribution in [3.8, 4) is 28.0 Å². The van der Waals surface area contributed by atoms with Crippen molar-refractivity contribution in [1.29, 1.82) is 0 Å². The number of para-hydroxylation sites is 2. The number of nitrogen functional groups attached to an aromatic ring is 5. The zero-order valence-corrected chi connectivity index (χ0v) is 32.5. The third kappa shape index (κ3) is 14.0. The Hall–Kier alpha value is -8.38. The van der Waals surface area contributed by atoms with E-state index >= 15 is 0 Å². The summed E-state index contributed by atoms with van der Waals surface area (Å²) >= 11 is 3.02. The molecule has 0 aliphatic carbocycles. The lowest BCUT2D eigenvalue weighted by atomic mass is 10.1. The van der Waals surface area contributed by atoms with Gasteiger partial charge in [-0.25, -0.2) is 0 Å². The first-order chi connectivity index (χ1) is 28.8. The lowest BCUT2D eigenvalue weighted by Crippen LogP contribution is -1.99. The van der Waals surface area contributed by atoms with E-state index in [1.54, 1.807) is 73.6 Å². The van der Waals surface area contributed by atoms with Crippen molar-refractivity contribution in [2.45, 2.75) is 0 Å². The number of nitro groups is 3. The Balaban J connectivity index is 0.000000204. The van der Waals surface area contributed by atoms with E-state index < -0.39 is 14.8 Å². The van der Waals surface area contributed by atoms with Gasteiger partial charge in [0.15, 0.2) is 0 Å². The van der Waals surface area contributed by atoms with Crippen LogP contribution in [0.25, 0.3) is 22.3 Å². The minimum absolute atomic E-state index is 0.0394. The number of rotatable bonds is 7. The molecule has 7 rings (SSSR count). The predicted octanol–water partition coefficient (Wildman–Crippen LogP) is 5.44. The highest BCUT2D eigenvalue weighted by Gasteiger charge is 2.16. The second kappa shape index (κ2) is 23.6. The van der Waals surface area contributed by atoms with Crippen LogP contribution in [0.4, 0.5) is 45.5 Å². The van der Waals surface area contributed by atoms with E-state index in [4.69, 9.17) is 33.7 Å². The standard InChI is InChI=1S/C10H8N4O2.C10H10N4.C6H6N2O2.C5H5BNO2.C5H4BrN3O2/c11-10-8(7-2-1-3-12-4-7)5-13-6-9(10)14(15)16;11-9-6-14-5-8(10(9)12)7-2-1-3-13-4-7;7-5-3-1-2-4-6(5)8(9)10;8-6-9-5-2-1-3-7-4-5;6-3-1-8-2-4(5(3)7)9(10)11/h1-6H,(H2,11,13);1-6H,11H2,(H2,12,14);1-4H,7H2;1-4,8H;1-2H,(H2,7,8). The van der Waals surface area contributed by atoms with Gasteiger partial charge in [-0.1, -0.05) is 24.3 Å². The number of nitrogens with zero attached hydrogens (tertiary/aromatic N) is 9. The number of benzene rings is 1. The highest BCUT2D eigenvalue weighted by Crippen LogP contribution is 2.31. The normalized spacial score (nSPS) is 9.57. The van der Waals surface area contributed by atoms with Crippen molar-refractivity contribution in [3.05, 3.63) is 170 Å². The van der Waals surface area contributed by atoms with E-state index in [0.29, 0.717) is 40.4 Å². The number of halogens is 1. The summed E-state index contributed by atoms with van der Waals surface area (Å²) in [6.07, 6.45) is 18.1. The molecular weight excluding hydrogens is 847 g/mol. The van der Waals surface area contributed by atoms with Crippen LogP contribution in [0.1, 0.15) is 0 Å². The fourth-order valence-electron chi connectivity index (χ4n) is 4.31. The van der Waals surface area contributed by atoms with Gasteiger partial charge in [-0.15, -0.1) is 0 Å². The van der Waals surface area contributed by atoms with Gasteiger partial charge in [0.25, 0.3) is 5.69 Å². The smallest absolute Gasteiger partial charge is 0.536 e. The summed E-state index contributed by atoms with van der Waals surface area (Å²) in [5.74, 6) is 0.528. The molecule has 22 nitrogen and oxygen atoms in total. The number of nitrogens with two attached hydrogens (primary N) is 5. The van der Waals surface area contributed by atoms with Crippen molar-refractivity contribution < 1.29 is 24.4 Å². The molecule has 0 aliphatic rings. The van der Waals surface area contributed by atoms with E-state index in [1.807, 2.05) is 12.1 Å². The number of anilines is 5. The molecular formula is C36H33BBrN14O8. The first-order valence-electron chi connectivity index (χ1n) is 16.5. The summed E-state index contributed by atoms with van der Waals surface area (Å²) in [7, 11) is 0.622. The Morgan fingerprint density at radius 2 is 1.00 bits per heavy atom. The van der Waals surface area contributed by atoms with Crippen LogP contribution in [-0.4, -0.2) is 57.4 Å². The topological polar surface area (TPSA) is 366 Å². The van der Waals surface area contributed by atoms with Gasteiger partial charge in [-0.3, -0.25) is 60.2 Å². The third-order valence-electron chi connectivity index (χ3n) is 7.20. The Morgan fingerprint density at radius 3 is 1.45 bits per heavy atom. The first kappa shape index (κ1) is 46.0. The summed E-state index contributed by atoms with van der Waals surface area (Å²) in [6, 6.07) is 16.8. The molecule has 0 saturated carbocycles. The molecule has 60 heavy (non-hydrogen) atoms. The highest BCUT2D eigenvalue weighted by atomic mass is 79.9. The van der Waals surface area contributed by atoms with Crippen molar-refractivity contribution in [2.75, 3.05) is 28.7 Å². The Bertz CT molecular complexity index is 2480. The Morgan fingerprint density at radius 1 is 0.517 bits per heavy atom. The summed E-state index contributed by atoms with van der Waals surface area (Å²) in [6.45, 7) is 0. The molecule has 24 heteroatoms. The molecule has 0 fully saturated rings. The molecule has 6 heterocycles. The van der Waals surface area contributed by atoms with E-state index in [0.717, 1.165) is 23.5 Å². The number of hydrogen-bond acceptors (Lipinski definition) is 19. The van der Waals surface area contributed by atoms with Crippen LogP contribution < -0.4 is 33.3 Å². The summed E-state index contributed by atoms with van der Waals surface area (Å²) < 4.78 is 5.01. The molecule has 305 valence electrons. The van der Waals surface area contributed by atoms with Gasteiger partial charge in [0, 0.05) is 77.9 Å². The van der Waals surface area contributed by atoms with Gasteiger partial charge in [0.2, 0.25) is 0 Å². The Labute approximate surface area is 349 Å². The molecule has 0 aliphatic heterocycles. The molecule has 1 radical (unpaired) electrons. The second-order valence-corrected chi connectivity index (χ2v) is 11.9. The lowest BCUT2D eigenvalue weighted by Gasteiger charge is -2.06. The minimum Gasteiger partial charge on any atom is -0.536 e. The fourth-order valence-corrected chi connectivity index (χ4v) is 4.63. The average Bonchev–Trinajstić information content (AvgIpc) is 3.25. The van der Waals surface area contributed by atoms with Crippen LogP contribution in [0.15, 0.2) is 139 Å². The van der Waals surface area contributed by atoms with Crippen molar-refractivity contribution in [3.63, 3.8) is 0 Å².